The van der Waals surface area contributed by atoms with Crippen LogP contribution in [0.3, 0.4) is 0 Å². The van der Waals surface area contributed by atoms with E-state index in [1.165, 1.54) is 0 Å². The minimum absolute atomic E-state index is 0.511. The third-order valence-corrected chi connectivity index (χ3v) is 3.36. The van der Waals surface area contributed by atoms with Crippen LogP contribution in [-0.4, -0.2) is 41.4 Å². The van der Waals surface area contributed by atoms with E-state index in [-0.39, 0.29) is 0 Å². The molecule has 2 rings (SSSR count). The lowest BCUT2D eigenvalue weighted by atomic mass is 10.1. The van der Waals surface area contributed by atoms with Gasteiger partial charge in [-0.3, -0.25) is 0 Å². The lowest BCUT2D eigenvalue weighted by Gasteiger charge is -2.36. The summed E-state index contributed by atoms with van der Waals surface area (Å²) < 4.78 is 0. The minimum Gasteiger partial charge on any atom is -0.353 e. The number of aromatic nitrogens is 2. The van der Waals surface area contributed by atoms with Gasteiger partial charge < -0.3 is 10.2 Å². The molecule has 88 valence electrons. The molecule has 1 aliphatic heterocycles. The summed E-state index contributed by atoms with van der Waals surface area (Å²) in [5.74, 6) is 1.04. The third kappa shape index (κ3) is 2.65. The maximum Gasteiger partial charge on any atom is 0.133 e. The number of rotatable bonds is 2. The minimum atomic E-state index is 0.511. The summed E-state index contributed by atoms with van der Waals surface area (Å²) in [7, 11) is 0. The molecule has 0 radical (unpaired) electrons. The molecular formula is C11H18N4S. The molecule has 0 spiro atoms. The van der Waals surface area contributed by atoms with Crippen LogP contribution in [0.4, 0.5) is 5.82 Å². The highest BCUT2D eigenvalue weighted by Gasteiger charge is 2.21. The summed E-state index contributed by atoms with van der Waals surface area (Å²) in [6, 6.07) is 3.09. The zero-order valence-corrected chi connectivity index (χ0v) is 10.8. The van der Waals surface area contributed by atoms with E-state index in [2.05, 4.69) is 40.1 Å². The second-order valence-electron chi connectivity index (χ2n) is 4.29. The third-order valence-electron chi connectivity index (χ3n) is 2.72. The number of anilines is 1. The fourth-order valence-electron chi connectivity index (χ4n) is 2.13. The van der Waals surface area contributed by atoms with Gasteiger partial charge in [-0.15, -0.1) is 11.8 Å². The predicted molar refractivity (Wildman–Crippen MR) is 68.1 cm³/mol. The van der Waals surface area contributed by atoms with Gasteiger partial charge in [-0.1, -0.05) is 0 Å². The van der Waals surface area contributed by atoms with E-state index in [9.17, 15) is 0 Å². The van der Waals surface area contributed by atoms with E-state index in [1.54, 1.807) is 18.1 Å². The summed E-state index contributed by atoms with van der Waals surface area (Å²) >= 11 is 1.66. The molecule has 2 unspecified atom stereocenters. The molecule has 1 aromatic heterocycles. The van der Waals surface area contributed by atoms with Gasteiger partial charge in [-0.25, -0.2) is 9.97 Å². The van der Waals surface area contributed by atoms with Crippen LogP contribution in [0.5, 0.6) is 0 Å². The van der Waals surface area contributed by atoms with Crippen molar-refractivity contribution in [2.45, 2.75) is 31.0 Å². The van der Waals surface area contributed by atoms with Gasteiger partial charge >= 0.3 is 0 Å². The van der Waals surface area contributed by atoms with E-state index in [0.29, 0.717) is 12.1 Å². The molecule has 0 amide bonds. The van der Waals surface area contributed by atoms with Crippen molar-refractivity contribution in [3.8, 4) is 0 Å². The summed E-state index contributed by atoms with van der Waals surface area (Å²) in [6.45, 7) is 6.43. The lowest BCUT2D eigenvalue weighted by Crippen LogP contribution is -2.54. The molecule has 0 bridgehead atoms. The number of nitrogens with one attached hydrogen (secondary N) is 1. The molecule has 16 heavy (non-hydrogen) atoms. The summed E-state index contributed by atoms with van der Waals surface area (Å²) in [6.07, 6.45) is 3.69. The molecule has 4 nitrogen and oxygen atoms in total. The zero-order valence-electron chi connectivity index (χ0n) is 9.97. The van der Waals surface area contributed by atoms with Crippen LogP contribution < -0.4 is 10.2 Å². The van der Waals surface area contributed by atoms with Gasteiger partial charge in [0, 0.05) is 31.2 Å². The number of hydrogen-bond acceptors (Lipinski definition) is 5. The van der Waals surface area contributed by atoms with Crippen LogP contribution in [0.15, 0.2) is 17.4 Å². The Morgan fingerprint density at radius 2 is 2.00 bits per heavy atom. The number of thioether (sulfide) groups is 1. The second kappa shape index (κ2) is 5.01. The Labute approximate surface area is 101 Å². The molecule has 1 N–H and O–H groups in total. The van der Waals surface area contributed by atoms with E-state index >= 15 is 0 Å². The van der Waals surface area contributed by atoms with Gasteiger partial charge in [0.15, 0.2) is 0 Å². The molecule has 0 aromatic carbocycles. The van der Waals surface area contributed by atoms with Gasteiger partial charge in [0.05, 0.1) is 0 Å². The first-order chi connectivity index (χ1) is 7.69. The van der Waals surface area contributed by atoms with Crippen molar-refractivity contribution in [1.82, 2.24) is 15.3 Å². The Morgan fingerprint density at radius 3 is 2.62 bits per heavy atom. The van der Waals surface area contributed by atoms with E-state index in [1.807, 2.05) is 6.26 Å². The van der Waals surface area contributed by atoms with Gasteiger partial charge in [-0.2, -0.15) is 0 Å². The SMILES string of the molecule is CSc1cc(N2CC(C)NC(C)C2)ncn1. The highest BCUT2D eigenvalue weighted by Crippen LogP contribution is 2.19. The van der Waals surface area contributed by atoms with Crippen molar-refractivity contribution in [3.05, 3.63) is 12.4 Å². The maximum atomic E-state index is 4.35. The van der Waals surface area contributed by atoms with Crippen LogP contribution in [0.2, 0.25) is 0 Å². The van der Waals surface area contributed by atoms with Gasteiger partial charge in [0.2, 0.25) is 0 Å². The molecule has 0 saturated carbocycles. The number of nitrogens with zero attached hydrogens (tertiary/aromatic N) is 3. The van der Waals surface area contributed by atoms with E-state index < -0.39 is 0 Å². The molecular weight excluding hydrogens is 220 g/mol. The Balaban J connectivity index is 2.16. The fourth-order valence-corrected chi connectivity index (χ4v) is 2.50. The molecule has 2 atom stereocenters. The molecule has 1 fully saturated rings. The first-order valence-electron chi connectivity index (χ1n) is 5.56. The van der Waals surface area contributed by atoms with Crippen LogP contribution in [0.25, 0.3) is 0 Å². The highest BCUT2D eigenvalue weighted by atomic mass is 32.2. The van der Waals surface area contributed by atoms with Crippen molar-refractivity contribution in [2.24, 2.45) is 0 Å². The number of hydrogen-bond donors (Lipinski definition) is 1. The lowest BCUT2D eigenvalue weighted by molar-refractivity contribution is 0.405. The normalized spacial score (nSPS) is 25.8. The largest absolute Gasteiger partial charge is 0.353 e. The smallest absolute Gasteiger partial charge is 0.133 e. The molecule has 0 aliphatic carbocycles. The van der Waals surface area contributed by atoms with Gasteiger partial charge in [0.25, 0.3) is 0 Å². The van der Waals surface area contributed by atoms with Crippen molar-refractivity contribution in [2.75, 3.05) is 24.2 Å². The predicted octanol–water partition coefficient (Wildman–Crippen LogP) is 1.39. The maximum absolute atomic E-state index is 4.35. The molecule has 5 heteroatoms. The summed E-state index contributed by atoms with van der Waals surface area (Å²) in [5, 5.41) is 4.55. The average Bonchev–Trinajstić information content (AvgIpc) is 2.28. The van der Waals surface area contributed by atoms with Crippen LogP contribution in [-0.2, 0) is 0 Å². The summed E-state index contributed by atoms with van der Waals surface area (Å²) in [5.41, 5.74) is 0. The van der Waals surface area contributed by atoms with Crippen molar-refractivity contribution < 1.29 is 0 Å². The Morgan fingerprint density at radius 1 is 1.31 bits per heavy atom. The van der Waals surface area contributed by atoms with Crippen molar-refractivity contribution in [3.63, 3.8) is 0 Å². The first kappa shape index (κ1) is 11.7. The second-order valence-corrected chi connectivity index (χ2v) is 5.12. The van der Waals surface area contributed by atoms with Crippen LogP contribution in [0, 0.1) is 0 Å². The van der Waals surface area contributed by atoms with Crippen LogP contribution in [0.1, 0.15) is 13.8 Å². The average molecular weight is 238 g/mol. The quantitative estimate of drug-likeness (QED) is 0.623. The molecule has 1 aliphatic rings. The van der Waals surface area contributed by atoms with Crippen LogP contribution >= 0.6 is 11.8 Å². The fraction of sp³-hybridized carbons (Fsp3) is 0.636. The van der Waals surface area contributed by atoms with E-state index in [4.69, 9.17) is 0 Å². The Kier molecular flexibility index (Phi) is 3.66. The summed E-state index contributed by atoms with van der Waals surface area (Å²) in [4.78, 5) is 10.9. The van der Waals surface area contributed by atoms with Gasteiger partial charge in [0.1, 0.15) is 17.2 Å². The standard InChI is InChI=1S/C11H18N4S/c1-8-5-15(6-9(2)14-8)10-4-11(16-3)13-7-12-10/h4,7-9,14H,5-6H2,1-3H3. The molecule has 2 heterocycles. The highest BCUT2D eigenvalue weighted by molar-refractivity contribution is 7.98. The topological polar surface area (TPSA) is 41.0 Å². The zero-order chi connectivity index (χ0) is 11.5. The Hall–Kier alpha value is -0.810. The van der Waals surface area contributed by atoms with Crippen molar-refractivity contribution in [1.29, 1.82) is 0 Å². The van der Waals surface area contributed by atoms with E-state index in [0.717, 1.165) is 23.9 Å². The number of piperazine rings is 1. The Bertz CT molecular complexity index is 348. The monoisotopic (exact) mass is 238 g/mol. The molecule has 1 saturated heterocycles. The molecule has 1 aromatic rings. The van der Waals surface area contributed by atoms with Crippen molar-refractivity contribution >= 4 is 17.6 Å². The first-order valence-corrected chi connectivity index (χ1v) is 6.78. The van der Waals surface area contributed by atoms with Gasteiger partial charge in [-0.05, 0) is 20.1 Å².